The van der Waals surface area contributed by atoms with Gasteiger partial charge in [0, 0.05) is 24.3 Å². The number of nitrogens with zero attached hydrogens (tertiary/aromatic N) is 1. The van der Waals surface area contributed by atoms with E-state index in [4.69, 9.17) is 0 Å². The molecular formula is C19H22N2. The van der Waals surface area contributed by atoms with Crippen molar-refractivity contribution >= 4 is 10.9 Å². The molecule has 0 aliphatic carbocycles. The number of hydrogen-bond donors (Lipinski definition) is 1. The number of hydrogen-bond acceptors (Lipinski definition) is 1. The summed E-state index contributed by atoms with van der Waals surface area (Å²) in [6.45, 7) is 6.14. The molecule has 3 aromatic rings. The SMILES string of the molecule is CNCc1cc2ccccc2n1Cc1cc(C)cc(C)c1. The second kappa shape index (κ2) is 5.74. The Morgan fingerprint density at radius 1 is 0.952 bits per heavy atom. The summed E-state index contributed by atoms with van der Waals surface area (Å²) in [4.78, 5) is 0. The summed E-state index contributed by atoms with van der Waals surface area (Å²) in [6.07, 6.45) is 0. The molecule has 2 nitrogen and oxygen atoms in total. The predicted octanol–water partition coefficient (Wildman–Crippen LogP) is 4.03. The maximum absolute atomic E-state index is 3.27. The molecule has 2 aromatic carbocycles. The van der Waals surface area contributed by atoms with Gasteiger partial charge in [0.25, 0.3) is 0 Å². The minimum Gasteiger partial charge on any atom is -0.339 e. The van der Waals surface area contributed by atoms with Crippen LogP contribution in [0.2, 0.25) is 0 Å². The summed E-state index contributed by atoms with van der Waals surface area (Å²) in [7, 11) is 2.00. The Bertz CT molecular complexity index is 748. The van der Waals surface area contributed by atoms with Crippen molar-refractivity contribution in [3.8, 4) is 0 Å². The highest BCUT2D eigenvalue weighted by atomic mass is 15.0. The van der Waals surface area contributed by atoms with Crippen LogP contribution >= 0.6 is 0 Å². The van der Waals surface area contributed by atoms with Crippen molar-refractivity contribution in [1.29, 1.82) is 0 Å². The molecule has 0 bridgehead atoms. The molecule has 2 heteroatoms. The summed E-state index contributed by atoms with van der Waals surface area (Å²) in [5.41, 5.74) is 6.67. The van der Waals surface area contributed by atoms with Crippen molar-refractivity contribution in [1.82, 2.24) is 9.88 Å². The molecule has 0 atom stereocenters. The van der Waals surface area contributed by atoms with E-state index in [1.54, 1.807) is 0 Å². The number of fused-ring (bicyclic) bond motifs is 1. The molecule has 0 spiro atoms. The van der Waals surface area contributed by atoms with Crippen LogP contribution in [0.1, 0.15) is 22.4 Å². The predicted molar refractivity (Wildman–Crippen MR) is 89.7 cm³/mol. The first-order chi connectivity index (χ1) is 10.2. The fourth-order valence-electron chi connectivity index (χ4n) is 3.12. The molecule has 0 amide bonds. The van der Waals surface area contributed by atoms with Gasteiger partial charge in [0.1, 0.15) is 0 Å². The molecule has 0 aliphatic heterocycles. The van der Waals surface area contributed by atoms with Crippen LogP contribution in [0, 0.1) is 13.8 Å². The van der Waals surface area contributed by atoms with Gasteiger partial charge in [-0.05, 0) is 44.0 Å². The number of para-hydroxylation sites is 1. The third kappa shape index (κ3) is 2.86. The van der Waals surface area contributed by atoms with E-state index in [1.807, 2.05) is 7.05 Å². The molecular weight excluding hydrogens is 256 g/mol. The molecule has 1 N–H and O–H groups in total. The Morgan fingerprint density at radius 2 is 1.67 bits per heavy atom. The summed E-state index contributed by atoms with van der Waals surface area (Å²) < 4.78 is 2.42. The zero-order chi connectivity index (χ0) is 14.8. The van der Waals surface area contributed by atoms with Crippen LogP contribution in [0.3, 0.4) is 0 Å². The van der Waals surface area contributed by atoms with Gasteiger partial charge in [-0.3, -0.25) is 0 Å². The van der Waals surface area contributed by atoms with Crippen LogP contribution < -0.4 is 5.32 Å². The number of benzene rings is 2. The Balaban J connectivity index is 2.07. The Kier molecular flexibility index (Phi) is 3.80. The lowest BCUT2D eigenvalue weighted by atomic mass is 10.1. The van der Waals surface area contributed by atoms with E-state index >= 15 is 0 Å². The topological polar surface area (TPSA) is 17.0 Å². The van der Waals surface area contributed by atoms with Crippen LogP contribution in [0.5, 0.6) is 0 Å². The summed E-state index contributed by atoms with van der Waals surface area (Å²) in [5, 5.41) is 4.59. The molecule has 0 unspecified atom stereocenters. The zero-order valence-corrected chi connectivity index (χ0v) is 13.0. The molecule has 0 saturated carbocycles. The first-order valence-electron chi connectivity index (χ1n) is 7.46. The van der Waals surface area contributed by atoms with Crippen molar-refractivity contribution in [2.24, 2.45) is 0 Å². The van der Waals surface area contributed by atoms with Gasteiger partial charge in [-0.1, -0.05) is 47.5 Å². The summed E-state index contributed by atoms with van der Waals surface area (Å²) in [5.74, 6) is 0. The van der Waals surface area contributed by atoms with Crippen LogP contribution in [0.4, 0.5) is 0 Å². The fraction of sp³-hybridized carbons (Fsp3) is 0.263. The van der Waals surface area contributed by atoms with Gasteiger partial charge < -0.3 is 9.88 Å². The Labute approximate surface area is 126 Å². The molecule has 0 saturated heterocycles. The van der Waals surface area contributed by atoms with Crippen molar-refractivity contribution in [3.05, 3.63) is 70.9 Å². The lowest BCUT2D eigenvalue weighted by Crippen LogP contribution is -2.12. The highest BCUT2D eigenvalue weighted by Gasteiger charge is 2.08. The number of rotatable bonds is 4. The van der Waals surface area contributed by atoms with Gasteiger partial charge in [0.2, 0.25) is 0 Å². The minimum atomic E-state index is 0.888. The minimum absolute atomic E-state index is 0.888. The molecule has 108 valence electrons. The Morgan fingerprint density at radius 3 is 2.38 bits per heavy atom. The van der Waals surface area contributed by atoms with E-state index in [0.29, 0.717) is 0 Å². The van der Waals surface area contributed by atoms with E-state index in [2.05, 4.69) is 72.3 Å². The molecule has 3 rings (SSSR count). The lowest BCUT2D eigenvalue weighted by molar-refractivity contribution is 0.708. The maximum Gasteiger partial charge on any atom is 0.0486 e. The largest absolute Gasteiger partial charge is 0.339 e. The fourth-order valence-corrected chi connectivity index (χ4v) is 3.12. The van der Waals surface area contributed by atoms with Gasteiger partial charge in [-0.2, -0.15) is 0 Å². The highest BCUT2D eigenvalue weighted by Crippen LogP contribution is 2.22. The monoisotopic (exact) mass is 278 g/mol. The van der Waals surface area contributed by atoms with E-state index in [9.17, 15) is 0 Å². The average Bonchev–Trinajstić information content (AvgIpc) is 2.76. The zero-order valence-electron chi connectivity index (χ0n) is 13.0. The normalized spacial score (nSPS) is 11.2. The maximum atomic E-state index is 3.27. The Hall–Kier alpha value is -2.06. The number of nitrogens with one attached hydrogen (secondary N) is 1. The van der Waals surface area contributed by atoms with Crippen molar-refractivity contribution in [3.63, 3.8) is 0 Å². The first kappa shape index (κ1) is 13.9. The molecule has 1 aromatic heterocycles. The van der Waals surface area contributed by atoms with Gasteiger partial charge in [-0.25, -0.2) is 0 Å². The van der Waals surface area contributed by atoms with E-state index in [1.165, 1.54) is 33.3 Å². The van der Waals surface area contributed by atoms with Crippen LogP contribution in [-0.4, -0.2) is 11.6 Å². The van der Waals surface area contributed by atoms with Crippen molar-refractivity contribution in [2.45, 2.75) is 26.9 Å². The van der Waals surface area contributed by atoms with Gasteiger partial charge in [0.15, 0.2) is 0 Å². The number of aromatic nitrogens is 1. The van der Waals surface area contributed by atoms with Crippen molar-refractivity contribution in [2.75, 3.05) is 7.05 Å². The van der Waals surface area contributed by atoms with Gasteiger partial charge in [-0.15, -0.1) is 0 Å². The third-order valence-electron chi connectivity index (χ3n) is 3.88. The highest BCUT2D eigenvalue weighted by molar-refractivity contribution is 5.81. The third-order valence-corrected chi connectivity index (χ3v) is 3.88. The molecule has 0 fully saturated rings. The summed E-state index contributed by atoms with van der Waals surface area (Å²) >= 11 is 0. The molecule has 1 heterocycles. The van der Waals surface area contributed by atoms with Gasteiger partial charge in [0.05, 0.1) is 0 Å². The number of aryl methyl sites for hydroxylation is 2. The van der Waals surface area contributed by atoms with Crippen LogP contribution in [-0.2, 0) is 13.1 Å². The van der Waals surface area contributed by atoms with Crippen LogP contribution in [0.25, 0.3) is 10.9 Å². The second-order valence-corrected chi connectivity index (χ2v) is 5.81. The van der Waals surface area contributed by atoms with Crippen molar-refractivity contribution < 1.29 is 0 Å². The lowest BCUT2D eigenvalue weighted by Gasteiger charge is -2.12. The van der Waals surface area contributed by atoms with Gasteiger partial charge >= 0.3 is 0 Å². The van der Waals surface area contributed by atoms with E-state index in [-0.39, 0.29) is 0 Å². The first-order valence-corrected chi connectivity index (χ1v) is 7.46. The summed E-state index contributed by atoms with van der Waals surface area (Å²) in [6, 6.07) is 17.7. The second-order valence-electron chi connectivity index (χ2n) is 5.81. The molecule has 0 aliphatic rings. The average molecular weight is 278 g/mol. The van der Waals surface area contributed by atoms with Crippen LogP contribution in [0.15, 0.2) is 48.5 Å². The smallest absolute Gasteiger partial charge is 0.0486 e. The standard InChI is InChI=1S/C19H22N2/c1-14-8-15(2)10-16(9-14)13-21-18(12-20-3)11-17-6-4-5-7-19(17)21/h4-11,20H,12-13H2,1-3H3. The van der Waals surface area contributed by atoms with E-state index in [0.717, 1.165) is 13.1 Å². The molecule has 21 heavy (non-hydrogen) atoms. The molecule has 0 radical (unpaired) electrons. The quantitative estimate of drug-likeness (QED) is 0.762. The van der Waals surface area contributed by atoms with E-state index < -0.39 is 0 Å².